The Balaban J connectivity index is 1.90. The van der Waals surface area contributed by atoms with Gasteiger partial charge in [-0.25, -0.2) is 0 Å². The summed E-state index contributed by atoms with van der Waals surface area (Å²) in [6.45, 7) is 4.46. The van der Waals surface area contributed by atoms with Gasteiger partial charge in [-0.1, -0.05) is 38.1 Å². The predicted molar refractivity (Wildman–Crippen MR) is 94.6 cm³/mol. The van der Waals surface area contributed by atoms with Crippen LogP contribution in [0, 0.1) is 0 Å². The number of hydrogen-bond donors (Lipinski definition) is 1. The van der Waals surface area contributed by atoms with Gasteiger partial charge in [0.1, 0.15) is 0 Å². The van der Waals surface area contributed by atoms with E-state index in [1.165, 1.54) is 21.0 Å². The molecule has 2 heterocycles. The molecule has 1 nitrogen and oxygen atoms in total. The van der Waals surface area contributed by atoms with Crippen LogP contribution in [0.5, 0.6) is 0 Å². The van der Waals surface area contributed by atoms with Gasteiger partial charge in [-0.05, 0) is 46.5 Å². The van der Waals surface area contributed by atoms with Gasteiger partial charge in [0.25, 0.3) is 0 Å². The van der Waals surface area contributed by atoms with Crippen LogP contribution in [0.3, 0.4) is 0 Å². The minimum absolute atomic E-state index is 0.243. The van der Waals surface area contributed by atoms with E-state index in [-0.39, 0.29) is 6.04 Å². The van der Waals surface area contributed by atoms with Crippen LogP contribution in [0.2, 0.25) is 0 Å². The van der Waals surface area contributed by atoms with Gasteiger partial charge >= 0.3 is 0 Å². The van der Waals surface area contributed by atoms with Crippen LogP contribution >= 0.6 is 22.7 Å². The summed E-state index contributed by atoms with van der Waals surface area (Å²) < 4.78 is 0. The summed E-state index contributed by atoms with van der Waals surface area (Å²) in [5.74, 6) is 0.550. The van der Waals surface area contributed by atoms with Crippen LogP contribution in [0.15, 0.2) is 59.3 Å². The van der Waals surface area contributed by atoms with Crippen molar-refractivity contribution in [3.8, 4) is 0 Å². The Morgan fingerprint density at radius 1 is 0.857 bits per heavy atom. The zero-order valence-electron chi connectivity index (χ0n) is 12.2. The summed E-state index contributed by atoms with van der Waals surface area (Å²) in [7, 11) is 0. The van der Waals surface area contributed by atoms with Crippen molar-refractivity contribution in [2.45, 2.75) is 25.8 Å². The first-order valence-corrected chi connectivity index (χ1v) is 8.93. The number of nitrogens with one attached hydrogen (secondary N) is 1. The third-order valence-corrected chi connectivity index (χ3v) is 5.39. The minimum atomic E-state index is 0.243. The minimum Gasteiger partial charge on any atom is -0.373 e. The number of hydrogen-bond acceptors (Lipinski definition) is 3. The highest BCUT2D eigenvalue weighted by Crippen LogP contribution is 2.33. The fourth-order valence-corrected chi connectivity index (χ4v) is 4.01. The van der Waals surface area contributed by atoms with E-state index in [2.05, 4.69) is 78.5 Å². The normalized spacial score (nSPS) is 11.2. The van der Waals surface area contributed by atoms with Crippen molar-refractivity contribution >= 4 is 28.4 Å². The Labute approximate surface area is 134 Å². The maximum atomic E-state index is 3.70. The second-order valence-electron chi connectivity index (χ2n) is 5.39. The Morgan fingerprint density at radius 2 is 1.52 bits per heavy atom. The SMILES string of the molecule is CC(C)c1cccc(NC(c2cccs2)c2cccs2)c1. The molecular formula is C18H19NS2. The average Bonchev–Trinajstić information content (AvgIpc) is 3.18. The molecule has 1 aromatic carbocycles. The van der Waals surface area contributed by atoms with E-state index in [0.717, 1.165) is 0 Å². The molecule has 0 spiro atoms. The Bertz CT molecular complexity index is 635. The molecule has 1 N–H and O–H groups in total. The van der Waals surface area contributed by atoms with Crippen molar-refractivity contribution < 1.29 is 0 Å². The van der Waals surface area contributed by atoms with Crippen molar-refractivity contribution in [2.24, 2.45) is 0 Å². The molecule has 0 saturated heterocycles. The van der Waals surface area contributed by atoms with Gasteiger partial charge in [-0.2, -0.15) is 0 Å². The van der Waals surface area contributed by atoms with Crippen LogP contribution in [0.4, 0.5) is 5.69 Å². The van der Waals surface area contributed by atoms with E-state index < -0.39 is 0 Å². The molecule has 0 fully saturated rings. The zero-order chi connectivity index (χ0) is 14.7. The lowest BCUT2D eigenvalue weighted by Crippen LogP contribution is -2.09. The van der Waals surface area contributed by atoms with Gasteiger partial charge in [0.15, 0.2) is 0 Å². The summed E-state index contributed by atoms with van der Waals surface area (Å²) in [4.78, 5) is 2.71. The summed E-state index contributed by atoms with van der Waals surface area (Å²) in [6.07, 6.45) is 0. The second kappa shape index (κ2) is 6.46. The van der Waals surface area contributed by atoms with Crippen LogP contribution < -0.4 is 5.32 Å². The van der Waals surface area contributed by atoms with Gasteiger partial charge in [-0.3, -0.25) is 0 Å². The lowest BCUT2D eigenvalue weighted by Gasteiger charge is -2.18. The third-order valence-electron chi connectivity index (χ3n) is 3.52. The second-order valence-corrected chi connectivity index (χ2v) is 7.35. The highest BCUT2D eigenvalue weighted by molar-refractivity contribution is 7.11. The molecule has 3 aromatic rings. The van der Waals surface area contributed by atoms with Gasteiger partial charge in [0.05, 0.1) is 6.04 Å². The van der Waals surface area contributed by atoms with E-state index in [1.807, 2.05) is 0 Å². The average molecular weight is 313 g/mol. The Morgan fingerprint density at radius 3 is 2.05 bits per heavy atom. The van der Waals surface area contributed by atoms with E-state index in [4.69, 9.17) is 0 Å². The molecule has 0 radical (unpaired) electrons. The Hall–Kier alpha value is -1.58. The zero-order valence-corrected chi connectivity index (χ0v) is 13.9. The molecule has 0 atom stereocenters. The summed E-state index contributed by atoms with van der Waals surface area (Å²) in [6, 6.07) is 17.6. The monoisotopic (exact) mass is 313 g/mol. The van der Waals surface area contributed by atoms with E-state index in [0.29, 0.717) is 5.92 Å². The molecule has 0 bridgehead atoms. The predicted octanol–water partition coefficient (Wildman–Crippen LogP) is 6.13. The fourth-order valence-electron chi connectivity index (χ4n) is 2.35. The number of benzene rings is 1. The van der Waals surface area contributed by atoms with Crippen LogP contribution in [0.25, 0.3) is 0 Å². The molecule has 3 rings (SSSR count). The summed E-state index contributed by atoms with van der Waals surface area (Å²) in [5, 5.41) is 7.98. The topological polar surface area (TPSA) is 12.0 Å². The molecule has 0 aliphatic carbocycles. The fraction of sp³-hybridized carbons (Fsp3) is 0.222. The van der Waals surface area contributed by atoms with Crippen molar-refractivity contribution in [1.29, 1.82) is 0 Å². The number of thiophene rings is 2. The highest BCUT2D eigenvalue weighted by Gasteiger charge is 2.16. The van der Waals surface area contributed by atoms with E-state index in [9.17, 15) is 0 Å². The molecule has 0 amide bonds. The highest BCUT2D eigenvalue weighted by atomic mass is 32.1. The third kappa shape index (κ3) is 3.36. The molecule has 0 aliphatic heterocycles. The molecule has 21 heavy (non-hydrogen) atoms. The van der Waals surface area contributed by atoms with E-state index in [1.54, 1.807) is 22.7 Å². The maximum absolute atomic E-state index is 3.70. The van der Waals surface area contributed by atoms with Crippen molar-refractivity contribution in [1.82, 2.24) is 0 Å². The van der Waals surface area contributed by atoms with Crippen molar-refractivity contribution in [3.63, 3.8) is 0 Å². The number of rotatable bonds is 5. The summed E-state index contributed by atoms with van der Waals surface area (Å²) >= 11 is 3.61. The van der Waals surface area contributed by atoms with Gasteiger partial charge in [-0.15, -0.1) is 22.7 Å². The lowest BCUT2D eigenvalue weighted by molar-refractivity contribution is 0.865. The summed E-state index contributed by atoms with van der Waals surface area (Å²) in [5.41, 5.74) is 2.56. The maximum Gasteiger partial charge on any atom is 0.0953 e. The number of anilines is 1. The quantitative estimate of drug-likeness (QED) is 0.597. The van der Waals surface area contributed by atoms with Crippen LogP contribution in [0.1, 0.15) is 41.1 Å². The van der Waals surface area contributed by atoms with Crippen molar-refractivity contribution in [2.75, 3.05) is 5.32 Å². The molecule has 0 saturated carbocycles. The van der Waals surface area contributed by atoms with E-state index >= 15 is 0 Å². The van der Waals surface area contributed by atoms with Gasteiger partial charge in [0, 0.05) is 15.4 Å². The standard InChI is InChI=1S/C18H19NS2/c1-13(2)14-6-3-7-15(12-14)19-18(16-8-4-10-20-16)17-9-5-11-21-17/h3-13,18-19H,1-2H3. The first-order valence-electron chi connectivity index (χ1n) is 7.17. The van der Waals surface area contributed by atoms with Crippen LogP contribution in [-0.4, -0.2) is 0 Å². The van der Waals surface area contributed by atoms with Gasteiger partial charge in [0.2, 0.25) is 0 Å². The molecule has 2 aromatic heterocycles. The van der Waals surface area contributed by atoms with Crippen molar-refractivity contribution in [3.05, 3.63) is 74.6 Å². The largest absolute Gasteiger partial charge is 0.373 e. The lowest BCUT2D eigenvalue weighted by atomic mass is 10.0. The Kier molecular flexibility index (Phi) is 4.42. The first-order chi connectivity index (χ1) is 10.2. The molecule has 108 valence electrons. The van der Waals surface area contributed by atoms with Crippen LogP contribution in [-0.2, 0) is 0 Å². The molecule has 3 heteroatoms. The molecule has 0 aliphatic rings. The van der Waals surface area contributed by atoms with Gasteiger partial charge < -0.3 is 5.32 Å². The first kappa shape index (κ1) is 14.4. The molecule has 0 unspecified atom stereocenters. The molecular weight excluding hydrogens is 294 g/mol. The smallest absolute Gasteiger partial charge is 0.0953 e.